The van der Waals surface area contributed by atoms with Gasteiger partial charge in [0.2, 0.25) is 5.91 Å². The van der Waals surface area contributed by atoms with Gasteiger partial charge in [0.15, 0.2) is 0 Å². The second-order valence-electron chi connectivity index (χ2n) is 4.04. The molecule has 1 saturated heterocycles. The number of carbonyl (C=O) groups excluding carboxylic acids is 1. The number of nitrogens with zero attached hydrogens (tertiary/aromatic N) is 1. The molecular formula is C11H17N3O2S. The monoisotopic (exact) mass is 255 g/mol. The first-order valence-corrected chi connectivity index (χ1v) is 6.62. The molecule has 0 aromatic carbocycles. The van der Waals surface area contributed by atoms with Crippen molar-refractivity contribution in [2.24, 2.45) is 0 Å². The zero-order valence-electron chi connectivity index (χ0n) is 9.86. The Morgan fingerprint density at radius 3 is 3.29 bits per heavy atom. The number of hydrogen-bond acceptors (Lipinski definition) is 5. The molecule has 5 nitrogen and oxygen atoms in total. The van der Waals surface area contributed by atoms with Gasteiger partial charge in [-0.3, -0.25) is 4.79 Å². The molecule has 1 aliphatic heterocycles. The van der Waals surface area contributed by atoms with Crippen molar-refractivity contribution in [2.75, 3.05) is 19.7 Å². The van der Waals surface area contributed by atoms with E-state index in [4.69, 9.17) is 4.74 Å². The number of ether oxygens (including phenoxy) is 1. The number of carbonyl (C=O) groups is 1. The van der Waals surface area contributed by atoms with Crippen molar-refractivity contribution in [1.82, 2.24) is 15.6 Å². The molecule has 0 aliphatic carbocycles. The zero-order valence-corrected chi connectivity index (χ0v) is 10.7. The van der Waals surface area contributed by atoms with Crippen LogP contribution in [-0.2, 0) is 16.1 Å². The number of amides is 1. The largest absolute Gasteiger partial charge is 0.375 e. The average molecular weight is 255 g/mol. The van der Waals surface area contributed by atoms with Gasteiger partial charge in [0.1, 0.15) is 0 Å². The van der Waals surface area contributed by atoms with Crippen LogP contribution in [0.4, 0.5) is 0 Å². The number of rotatable bonds is 4. The number of thiazole rings is 1. The lowest BCUT2D eigenvalue weighted by Gasteiger charge is -2.22. The lowest BCUT2D eigenvalue weighted by Crippen LogP contribution is -2.41. The van der Waals surface area contributed by atoms with Crippen molar-refractivity contribution in [3.05, 3.63) is 16.1 Å². The number of morpholine rings is 1. The highest BCUT2D eigenvalue weighted by Gasteiger charge is 2.17. The minimum atomic E-state index is 0.000852. The number of aryl methyl sites for hydroxylation is 1. The summed E-state index contributed by atoms with van der Waals surface area (Å²) < 4.78 is 5.47. The summed E-state index contributed by atoms with van der Waals surface area (Å²) in [7, 11) is 0. The van der Waals surface area contributed by atoms with E-state index in [1.165, 1.54) is 0 Å². The normalized spacial score (nSPS) is 20.2. The lowest BCUT2D eigenvalue weighted by molar-refractivity contribution is -0.124. The Morgan fingerprint density at radius 2 is 2.65 bits per heavy atom. The molecule has 0 saturated carbocycles. The van der Waals surface area contributed by atoms with E-state index >= 15 is 0 Å². The maximum atomic E-state index is 11.6. The molecule has 1 aromatic rings. The molecule has 2 rings (SSSR count). The summed E-state index contributed by atoms with van der Waals surface area (Å²) in [5.41, 5.74) is 0.920. The minimum absolute atomic E-state index is 0.000852. The fourth-order valence-corrected chi connectivity index (χ4v) is 2.32. The molecule has 1 aliphatic rings. The van der Waals surface area contributed by atoms with Crippen molar-refractivity contribution in [2.45, 2.75) is 26.0 Å². The van der Waals surface area contributed by atoms with Crippen LogP contribution in [0, 0.1) is 6.92 Å². The van der Waals surface area contributed by atoms with E-state index in [-0.39, 0.29) is 12.0 Å². The van der Waals surface area contributed by atoms with Crippen LogP contribution in [0.15, 0.2) is 5.38 Å². The van der Waals surface area contributed by atoms with Gasteiger partial charge < -0.3 is 15.4 Å². The average Bonchev–Trinajstić information content (AvgIpc) is 2.74. The van der Waals surface area contributed by atoms with E-state index in [0.29, 0.717) is 19.6 Å². The van der Waals surface area contributed by atoms with E-state index in [9.17, 15) is 4.79 Å². The summed E-state index contributed by atoms with van der Waals surface area (Å²) in [6.07, 6.45) is 0.414. The van der Waals surface area contributed by atoms with E-state index < -0.39 is 0 Å². The maximum absolute atomic E-state index is 11.6. The van der Waals surface area contributed by atoms with Crippen LogP contribution in [0.1, 0.15) is 17.1 Å². The molecule has 1 aromatic heterocycles. The third-order valence-electron chi connectivity index (χ3n) is 2.55. The summed E-state index contributed by atoms with van der Waals surface area (Å²) in [4.78, 5) is 15.9. The van der Waals surface area contributed by atoms with Crippen molar-refractivity contribution < 1.29 is 9.53 Å². The van der Waals surface area contributed by atoms with Gasteiger partial charge in [0, 0.05) is 18.5 Å². The molecule has 0 bridgehead atoms. The van der Waals surface area contributed by atoms with Crippen molar-refractivity contribution in [1.29, 1.82) is 0 Å². The summed E-state index contributed by atoms with van der Waals surface area (Å²) in [5.74, 6) is 0.0179. The summed E-state index contributed by atoms with van der Waals surface area (Å²) >= 11 is 1.59. The predicted octanol–water partition coefficient (Wildman–Crippen LogP) is 0.446. The van der Waals surface area contributed by atoms with E-state index in [1.807, 2.05) is 12.3 Å². The van der Waals surface area contributed by atoms with Gasteiger partial charge in [-0.2, -0.15) is 0 Å². The molecule has 0 spiro atoms. The Morgan fingerprint density at radius 1 is 1.76 bits per heavy atom. The molecule has 1 unspecified atom stereocenters. The van der Waals surface area contributed by atoms with Gasteiger partial charge in [-0.15, -0.1) is 11.3 Å². The smallest absolute Gasteiger partial charge is 0.222 e. The van der Waals surface area contributed by atoms with Crippen LogP contribution in [0.25, 0.3) is 0 Å². The Labute approximate surface area is 105 Å². The third-order valence-corrected chi connectivity index (χ3v) is 3.37. The molecule has 2 N–H and O–H groups in total. The first-order valence-electron chi connectivity index (χ1n) is 5.74. The molecule has 6 heteroatoms. The second kappa shape index (κ2) is 6.09. The molecule has 1 fully saturated rings. The minimum Gasteiger partial charge on any atom is -0.375 e. The predicted molar refractivity (Wildman–Crippen MR) is 65.9 cm³/mol. The SMILES string of the molecule is Cc1nc(CNC(=O)CC2CNCCO2)cs1. The third kappa shape index (κ3) is 4.07. The van der Waals surface area contributed by atoms with Crippen LogP contribution in [-0.4, -0.2) is 36.7 Å². The van der Waals surface area contributed by atoms with Gasteiger partial charge in [-0.25, -0.2) is 4.98 Å². The highest BCUT2D eigenvalue weighted by Crippen LogP contribution is 2.07. The quantitative estimate of drug-likeness (QED) is 0.820. The fraction of sp³-hybridized carbons (Fsp3) is 0.636. The van der Waals surface area contributed by atoms with E-state index in [0.717, 1.165) is 23.8 Å². The molecular weight excluding hydrogens is 238 g/mol. The number of hydrogen-bond donors (Lipinski definition) is 2. The topological polar surface area (TPSA) is 63.2 Å². The highest BCUT2D eigenvalue weighted by atomic mass is 32.1. The summed E-state index contributed by atoms with van der Waals surface area (Å²) in [6.45, 7) is 4.77. The lowest BCUT2D eigenvalue weighted by atomic mass is 10.2. The first kappa shape index (κ1) is 12.5. The highest BCUT2D eigenvalue weighted by molar-refractivity contribution is 7.09. The van der Waals surface area contributed by atoms with Gasteiger partial charge in [-0.1, -0.05) is 0 Å². The molecule has 2 heterocycles. The second-order valence-corrected chi connectivity index (χ2v) is 5.10. The molecule has 0 radical (unpaired) electrons. The van der Waals surface area contributed by atoms with Crippen LogP contribution in [0.2, 0.25) is 0 Å². The number of nitrogens with one attached hydrogen (secondary N) is 2. The molecule has 1 amide bonds. The standard InChI is InChI=1S/C11H17N3O2S/c1-8-14-9(7-17-8)5-13-11(15)4-10-6-12-2-3-16-10/h7,10,12H,2-6H2,1H3,(H,13,15). The van der Waals surface area contributed by atoms with Gasteiger partial charge in [0.05, 0.1) is 36.4 Å². The Kier molecular flexibility index (Phi) is 4.47. The fourth-order valence-electron chi connectivity index (χ4n) is 1.71. The molecule has 17 heavy (non-hydrogen) atoms. The summed E-state index contributed by atoms with van der Waals surface area (Å²) in [6, 6.07) is 0. The number of aromatic nitrogens is 1. The van der Waals surface area contributed by atoms with Crippen LogP contribution >= 0.6 is 11.3 Å². The van der Waals surface area contributed by atoms with Gasteiger partial charge >= 0.3 is 0 Å². The first-order chi connectivity index (χ1) is 8.24. The van der Waals surface area contributed by atoms with E-state index in [1.54, 1.807) is 11.3 Å². The Hall–Kier alpha value is -0.980. The summed E-state index contributed by atoms with van der Waals surface area (Å²) in [5, 5.41) is 9.05. The van der Waals surface area contributed by atoms with Crippen LogP contribution in [0.5, 0.6) is 0 Å². The maximum Gasteiger partial charge on any atom is 0.222 e. The van der Waals surface area contributed by atoms with E-state index in [2.05, 4.69) is 15.6 Å². The Balaban J connectivity index is 1.70. The van der Waals surface area contributed by atoms with Gasteiger partial charge in [-0.05, 0) is 6.92 Å². The van der Waals surface area contributed by atoms with Crippen LogP contribution in [0.3, 0.4) is 0 Å². The molecule has 1 atom stereocenters. The van der Waals surface area contributed by atoms with Crippen molar-refractivity contribution in [3.8, 4) is 0 Å². The van der Waals surface area contributed by atoms with Crippen LogP contribution < -0.4 is 10.6 Å². The van der Waals surface area contributed by atoms with Crippen molar-refractivity contribution >= 4 is 17.2 Å². The Bertz CT molecular complexity index is 375. The van der Waals surface area contributed by atoms with Gasteiger partial charge in [0.25, 0.3) is 0 Å². The molecule has 94 valence electrons. The zero-order chi connectivity index (χ0) is 12.1. The van der Waals surface area contributed by atoms with Crippen molar-refractivity contribution in [3.63, 3.8) is 0 Å².